The highest BCUT2D eigenvalue weighted by Gasteiger charge is 2.04. The summed E-state index contributed by atoms with van der Waals surface area (Å²) in [6, 6.07) is 11.7. The minimum absolute atomic E-state index is 0.417. The van der Waals surface area contributed by atoms with Gasteiger partial charge in [-0.15, -0.1) is 0 Å². The van der Waals surface area contributed by atoms with Gasteiger partial charge in [0.15, 0.2) is 0 Å². The van der Waals surface area contributed by atoms with Gasteiger partial charge in [-0.25, -0.2) is 4.98 Å². The number of aromatic nitrogens is 1. The summed E-state index contributed by atoms with van der Waals surface area (Å²) in [5, 5.41) is 0.835. The Balaban J connectivity index is 2.59. The summed E-state index contributed by atoms with van der Waals surface area (Å²) in [5.41, 5.74) is 3.32. The van der Waals surface area contributed by atoms with Crippen molar-refractivity contribution >= 4 is 23.2 Å². The van der Waals surface area contributed by atoms with Crippen molar-refractivity contribution < 1.29 is 0 Å². The van der Waals surface area contributed by atoms with Crippen LogP contribution in [0.4, 0.5) is 0 Å². The molecule has 0 saturated carbocycles. The van der Waals surface area contributed by atoms with Crippen LogP contribution >= 0.6 is 23.2 Å². The number of nitrogens with zero attached hydrogens (tertiary/aromatic N) is 1. The fourth-order valence-corrected chi connectivity index (χ4v) is 1.98. The molecule has 0 aliphatic heterocycles. The van der Waals surface area contributed by atoms with E-state index < -0.39 is 0 Å². The normalized spacial score (nSPS) is 10.3. The first-order valence-corrected chi connectivity index (χ1v) is 5.31. The molecule has 0 amide bonds. The quantitative estimate of drug-likeness (QED) is 0.672. The Morgan fingerprint density at radius 2 is 1.60 bits per heavy atom. The fraction of sp³-hybridized carbons (Fsp3) is 0.0833. The van der Waals surface area contributed by atoms with Gasteiger partial charge in [-0.3, -0.25) is 0 Å². The van der Waals surface area contributed by atoms with Crippen molar-refractivity contribution in [2.75, 3.05) is 0 Å². The first-order chi connectivity index (χ1) is 7.16. The van der Waals surface area contributed by atoms with Gasteiger partial charge < -0.3 is 0 Å². The second-order valence-electron chi connectivity index (χ2n) is 3.32. The molecule has 1 nitrogen and oxygen atoms in total. The van der Waals surface area contributed by atoms with Crippen LogP contribution in [0.3, 0.4) is 0 Å². The summed E-state index contributed by atoms with van der Waals surface area (Å²) in [4.78, 5) is 3.92. The highest BCUT2D eigenvalue weighted by Crippen LogP contribution is 2.27. The smallest absolute Gasteiger partial charge is 0.131 e. The van der Waals surface area contributed by atoms with Crippen LogP contribution in [0.1, 0.15) is 5.56 Å². The molecule has 0 aliphatic carbocycles. The summed E-state index contributed by atoms with van der Waals surface area (Å²) in [7, 11) is 0. The van der Waals surface area contributed by atoms with Crippen LogP contribution < -0.4 is 0 Å². The van der Waals surface area contributed by atoms with Gasteiger partial charge in [-0.1, -0.05) is 47.5 Å². The summed E-state index contributed by atoms with van der Waals surface area (Å²) < 4.78 is 0. The standard InChI is InChI=1S/C12H9Cl2N/c1-8-4-2-3-5-10(8)9-6-11(13)15-12(14)7-9/h2-7H,1H3. The Morgan fingerprint density at radius 3 is 2.20 bits per heavy atom. The Bertz CT molecular complexity index is 474. The SMILES string of the molecule is Cc1ccccc1-c1cc(Cl)nc(Cl)c1. The van der Waals surface area contributed by atoms with E-state index in [1.54, 1.807) is 0 Å². The molecule has 76 valence electrons. The third kappa shape index (κ3) is 2.31. The van der Waals surface area contributed by atoms with E-state index in [0.29, 0.717) is 10.3 Å². The van der Waals surface area contributed by atoms with E-state index in [4.69, 9.17) is 23.2 Å². The zero-order chi connectivity index (χ0) is 10.8. The molecular weight excluding hydrogens is 229 g/mol. The second-order valence-corrected chi connectivity index (χ2v) is 4.09. The number of benzene rings is 1. The molecule has 3 heteroatoms. The number of hydrogen-bond acceptors (Lipinski definition) is 1. The molecular formula is C12H9Cl2N. The van der Waals surface area contributed by atoms with Crippen molar-refractivity contribution in [3.05, 3.63) is 52.3 Å². The minimum atomic E-state index is 0.417. The third-order valence-corrected chi connectivity index (χ3v) is 2.61. The van der Waals surface area contributed by atoms with Crippen LogP contribution in [0.5, 0.6) is 0 Å². The summed E-state index contributed by atoms with van der Waals surface area (Å²) in [5.74, 6) is 0. The molecule has 2 rings (SSSR count). The van der Waals surface area contributed by atoms with E-state index >= 15 is 0 Å². The maximum Gasteiger partial charge on any atom is 0.131 e. The van der Waals surface area contributed by atoms with Gasteiger partial charge in [0.1, 0.15) is 10.3 Å². The Morgan fingerprint density at radius 1 is 1.00 bits per heavy atom. The van der Waals surface area contributed by atoms with Gasteiger partial charge in [-0.2, -0.15) is 0 Å². The van der Waals surface area contributed by atoms with E-state index in [9.17, 15) is 0 Å². The molecule has 0 spiro atoms. The first-order valence-electron chi connectivity index (χ1n) is 4.56. The predicted molar refractivity (Wildman–Crippen MR) is 64.4 cm³/mol. The van der Waals surface area contributed by atoms with Crippen molar-refractivity contribution in [2.24, 2.45) is 0 Å². The highest BCUT2D eigenvalue weighted by molar-refractivity contribution is 6.32. The van der Waals surface area contributed by atoms with E-state index in [-0.39, 0.29) is 0 Å². The third-order valence-electron chi connectivity index (χ3n) is 2.22. The molecule has 1 aromatic carbocycles. The lowest BCUT2D eigenvalue weighted by Crippen LogP contribution is -1.85. The van der Waals surface area contributed by atoms with E-state index in [2.05, 4.69) is 18.0 Å². The van der Waals surface area contributed by atoms with Crippen LogP contribution in [0.2, 0.25) is 10.3 Å². The molecule has 0 saturated heterocycles. The van der Waals surface area contributed by atoms with Crippen molar-refractivity contribution in [2.45, 2.75) is 6.92 Å². The lowest BCUT2D eigenvalue weighted by molar-refractivity contribution is 1.32. The maximum absolute atomic E-state index is 5.86. The first kappa shape index (κ1) is 10.5. The Labute approximate surface area is 98.7 Å². The molecule has 1 aromatic heterocycles. The summed E-state index contributed by atoms with van der Waals surface area (Å²) in [6.45, 7) is 2.05. The lowest BCUT2D eigenvalue weighted by Gasteiger charge is -2.06. The second kappa shape index (κ2) is 4.21. The van der Waals surface area contributed by atoms with Gasteiger partial charge in [0.05, 0.1) is 0 Å². The van der Waals surface area contributed by atoms with Crippen LogP contribution in [0.25, 0.3) is 11.1 Å². The molecule has 0 atom stereocenters. The largest absolute Gasteiger partial charge is 0.224 e. The minimum Gasteiger partial charge on any atom is -0.224 e. The zero-order valence-electron chi connectivity index (χ0n) is 8.17. The van der Waals surface area contributed by atoms with Gasteiger partial charge in [0, 0.05) is 0 Å². The molecule has 0 radical (unpaired) electrons. The van der Waals surface area contributed by atoms with Gasteiger partial charge >= 0.3 is 0 Å². The topological polar surface area (TPSA) is 12.9 Å². The van der Waals surface area contributed by atoms with Crippen LogP contribution in [-0.4, -0.2) is 4.98 Å². The number of aryl methyl sites for hydroxylation is 1. The van der Waals surface area contributed by atoms with Crippen LogP contribution in [0.15, 0.2) is 36.4 Å². The van der Waals surface area contributed by atoms with Crippen molar-refractivity contribution in [3.63, 3.8) is 0 Å². The Kier molecular flexibility index (Phi) is 2.94. The van der Waals surface area contributed by atoms with Crippen molar-refractivity contribution in [1.29, 1.82) is 0 Å². The molecule has 0 N–H and O–H groups in total. The van der Waals surface area contributed by atoms with E-state index in [0.717, 1.165) is 11.1 Å². The van der Waals surface area contributed by atoms with Crippen molar-refractivity contribution in [1.82, 2.24) is 4.98 Å². The predicted octanol–water partition coefficient (Wildman–Crippen LogP) is 4.36. The molecule has 0 aliphatic rings. The monoisotopic (exact) mass is 237 g/mol. The van der Waals surface area contributed by atoms with E-state index in [1.165, 1.54) is 5.56 Å². The van der Waals surface area contributed by atoms with Gasteiger partial charge in [0.2, 0.25) is 0 Å². The van der Waals surface area contributed by atoms with Gasteiger partial charge in [-0.05, 0) is 35.7 Å². The molecule has 2 aromatic rings. The fourth-order valence-electron chi connectivity index (χ4n) is 1.52. The van der Waals surface area contributed by atoms with Crippen molar-refractivity contribution in [3.8, 4) is 11.1 Å². The van der Waals surface area contributed by atoms with Crippen LogP contribution in [-0.2, 0) is 0 Å². The highest BCUT2D eigenvalue weighted by atomic mass is 35.5. The Hall–Kier alpha value is -1.05. The summed E-state index contributed by atoms with van der Waals surface area (Å²) in [6.07, 6.45) is 0. The molecule has 1 heterocycles. The average Bonchev–Trinajstić information content (AvgIpc) is 2.16. The number of hydrogen-bond donors (Lipinski definition) is 0. The average molecular weight is 238 g/mol. The molecule has 0 bridgehead atoms. The number of halogens is 2. The number of rotatable bonds is 1. The lowest BCUT2D eigenvalue weighted by atomic mass is 10.0. The van der Waals surface area contributed by atoms with Gasteiger partial charge in [0.25, 0.3) is 0 Å². The molecule has 0 fully saturated rings. The molecule has 15 heavy (non-hydrogen) atoms. The molecule has 0 unspecified atom stereocenters. The maximum atomic E-state index is 5.86. The zero-order valence-corrected chi connectivity index (χ0v) is 9.68. The number of pyridine rings is 1. The summed E-state index contributed by atoms with van der Waals surface area (Å²) >= 11 is 11.7. The van der Waals surface area contributed by atoms with E-state index in [1.807, 2.05) is 30.3 Å². The van der Waals surface area contributed by atoms with Crippen LogP contribution in [0, 0.1) is 6.92 Å².